The molecule has 5 heteroatoms. The molecule has 5 nitrogen and oxygen atoms in total. The van der Waals surface area contributed by atoms with Crippen molar-refractivity contribution < 1.29 is 19.4 Å². The predicted molar refractivity (Wildman–Crippen MR) is 100 cm³/mol. The Balaban J connectivity index is 2.15. The Kier molecular flexibility index (Phi) is 6.03. The fourth-order valence-corrected chi connectivity index (χ4v) is 2.70. The Hall–Kier alpha value is -2.82. The van der Waals surface area contributed by atoms with Gasteiger partial charge in [-0.15, -0.1) is 0 Å². The first-order valence-electron chi connectivity index (χ1n) is 8.48. The third kappa shape index (κ3) is 4.63. The van der Waals surface area contributed by atoms with E-state index in [1.807, 2.05) is 31.2 Å². The van der Waals surface area contributed by atoms with Crippen LogP contribution in [0, 0.1) is 6.92 Å². The van der Waals surface area contributed by atoms with Crippen LogP contribution in [0.5, 0.6) is 5.75 Å². The number of aliphatic carboxylic acids is 1. The summed E-state index contributed by atoms with van der Waals surface area (Å²) in [6, 6.07) is 13.8. The molecule has 0 aromatic heterocycles. The lowest BCUT2D eigenvalue weighted by Crippen LogP contribution is -2.49. The summed E-state index contributed by atoms with van der Waals surface area (Å²) in [5, 5.41) is 12.2. The van der Waals surface area contributed by atoms with E-state index in [0.717, 1.165) is 16.7 Å². The zero-order valence-corrected chi connectivity index (χ0v) is 15.6. The van der Waals surface area contributed by atoms with Gasteiger partial charge in [0, 0.05) is 6.42 Å². The minimum Gasteiger partial charge on any atom is -0.497 e. The van der Waals surface area contributed by atoms with Crippen molar-refractivity contribution in [3.05, 3.63) is 65.2 Å². The SMILES string of the molecule is COc1ccc(CC(NC(=O)C(C)(C)c2cccc(C)c2)C(=O)O)cc1. The van der Waals surface area contributed by atoms with Crippen LogP contribution in [0.3, 0.4) is 0 Å². The molecule has 0 saturated heterocycles. The highest BCUT2D eigenvalue weighted by Crippen LogP contribution is 2.24. The summed E-state index contributed by atoms with van der Waals surface area (Å²) in [5.74, 6) is -0.677. The number of methoxy groups -OCH3 is 1. The summed E-state index contributed by atoms with van der Waals surface area (Å²) in [7, 11) is 1.57. The van der Waals surface area contributed by atoms with Crippen molar-refractivity contribution in [2.45, 2.75) is 38.6 Å². The summed E-state index contributed by atoms with van der Waals surface area (Å²) in [5.41, 5.74) is 1.88. The van der Waals surface area contributed by atoms with E-state index >= 15 is 0 Å². The third-order valence-electron chi connectivity index (χ3n) is 4.51. The molecular formula is C21H25NO4. The molecule has 1 amide bonds. The zero-order chi connectivity index (χ0) is 19.3. The quantitative estimate of drug-likeness (QED) is 0.800. The zero-order valence-electron chi connectivity index (χ0n) is 15.6. The van der Waals surface area contributed by atoms with E-state index in [1.165, 1.54) is 0 Å². The third-order valence-corrected chi connectivity index (χ3v) is 4.51. The number of carbonyl (C=O) groups excluding carboxylic acids is 1. The van der Waals surface area contributed by atoms with Crippen LogP contribution in [0.1, 0.15) is 30.5 Å². The molecule has 2 N–H and O–H groups in total. The van der Waals surface area contributed by atoms with Gasteiger partial charge in [-0.2, -0.15) is 0 Å². The molecule has 0 aliphatic rings. The molecule has 0 heterocycles. The monoisotopic (exact) mass is 355 g/mol. The van der Waals surface area contributed by atoms with Gasteiger partial charge < -0.3 is 15.2 Å². The largest absolute Gasteiger partial charge is 0.497 e. The number of ether oxygens (including phenoxy) is 1. The Bertz CT molecular complexity index is 781. The molecule has 0 fully saturated rings. The molecular weight excluding hydrogens is 330 g/mol. The molecule has 2 aromatic carbocycles. The van der Waals surface area contributed by atoms with E-state index in [0.29, 0.717) is 5.75 Å². The average Bonchev–Trinajstić information content (AvgIpc) is 2.61. The molecule has 0 bridgehead atoms. The van der Waals surface area contributed by atoms with Crippen molar-refractivity contribution in [3.63, 3.8) is 0 Å². The number of amides is 1. The van der Waals surface area contributed by atoms with Crippen LogP contribution in [-0.2, 0) is 21.4 Å². The number of rotatable bonds is 7. The van der Waals surface area contributed by atoms with Crippen LogP contribution in [0.2, 0.25) is 0 Å². The van der Waals surface area contributed by atoms with Crippen molar-refractivity contribution in [2.75, 3.05) is 7.11 Å². The van der Waals surface area contributed by atoms with Crippen molar-refractivity contribution in [1.29, 1.82) is 0 Å². The smallest absolute Gasteiger partial charge is 0.326 e. The number of hydrogen-bond donors (Lipinski definition) is 2. The van der Waals surface area contributed by atoms with Crippen LogP contribution >= 0.6 is 0 Å². The Labute approximate surface area is 154 Å². The van der Waals surface area contributed by atoms with E-state index in [-0.39, 0.29) is 12.3 Å². The second kappa shape index (κ2) is 8.04. The van der Waals surface area contributed by atoms with Gasteiger partial charge in [-0.25, -0.2) is 4.79 Å². The molecule has 0 aliphatic carbocycles. The summed E-state index contributed by atoms with van der Waals surface area (Å²) in [4.78, 5) is 24.4. The van der Waals surface area contributed by atoms with Gasteiger partial charge in [0.15, 0.2) is 0 Å². The van der Waals surface area contributed by atoms with Crippen molar-refractivity contribution in [1.82, 2.24) is 5.32 Å². The molecule has 2 aromatic rings. The number of benzene rings is 2. The molecule has 0 radical (unpaired) electrons. The summed E-state index contributed by atoms with van der Waals surface area (Å²) in [6.45, 7) is 5.55. The number of carboxylic acids is 1. The number of aryl methyl sites for hydroxylation is 1. The Morgan fingerprint density at radius 3 is 2.35 bits per heavy atom. The molecule has 1 unspecified atom stereocenters. The maximum absolute atomic E-state index is 12.8. The predicted octanol–water partition coefficient (Wildman–Crippen LogP) is 3.09. The van der Waals surface area contributed by atoms with Crippen LogP contribution in [0.15, 0.2) is 48.5 Å². The lowest BCUT2D eigenvalue weighted by atomic mass is 9.82. The first-order valence-corrected chi connectivity index (χ1v) is 8.48. The maximum atomic E-state index is 12.8. The molecule has 0 aliphatic heterocycles. The summed E-state index contributed by atoms with van der Waals surface area (Å²) < 4.78 is 5.10. The van der Waals surface area contributed by atoms with E-state index in [4.69, 9.17) is 4.74 Å². The van der Waals surface area contributed by atoms with Crippen LogP contribution in [0.25, 0.3) is 0 Å². The molecule has 0 saturated carbocycles. The second-order valence-electron chi connectivity index (χ2n) is 6.91. The van der Waals surface area contributed by atoms with E-state index < -0.39 is 17.4 Å². The molecule has 0 spiro atoms. The number of hydrogen-bond acceptors (Lipinski definition) is 3. The van der Waals surface area contributed by atoms with Crippen molar-refractivity contribution >= 4 is 11.9 Å². The van der Waals surface area contributed by atoms with Crippen LogP contribution < -0.4 is 10.1 Å². The highest BCUT2D eigenvalue weighted by Gasteiger charge is 2.33. The van der Waals surface area contributed by atoms with Gasteiger partial charge in [-0.3, -0.25) is 4.79 Å². The summed E-state index contributed by atoms with van der Waals surface area (Å²) in [6.07, 6.45) is 0.203. The number of carboxylic acid groups (broad SMARTS) is 1. The Morgan fingerprint density at radius 2 is 1.81 bits per heavy atom. The topological polar surface area (TPSA) is 75.6 Å². The lowest BCUT2D eigenvalue weighted by Gasteiger charge is -2.27. The summed E-state index contributed by atoms with van der Waals surface area (Å²) >= 11 is 0. The van der Waals surface area contributed by atoms with Gasteiger partial charge in [0.2, 0.25) is 5.91 Å². The number of carbonyl (C=O) groups is 2. The van der Waals surface area contributed by atoms with E-state index in [2.05, 4.69) is 5.32 Å². The van der Waals surface area contributed by atoms with Crippen LogP contribution in [0.4, 0.5) is 0 Å². The van der Waals surface area contributed by atoms with Gasteiger partial charge in [0.1, 0.15) is 11.8 Å². The average molecular weight is 355 g/mol. The van der Waals surface area contributed by atoms with Gasteiger partial charge in [-0.05, 0) is 44.0 Å². The highest BCUT2D eigenvalue weighted by molar-refractivity contribution is 5.91. The minimum absolute atomic E-state index is 0.203. The van der Waals surface area contributed by atoms with Crippen molar-refractivity contribution in [3.8, 4) is 5.75 Å². The fourth-order valence-electron chi connectivity index (χ4n) is 2.70. The normalized spacial score (nSPS) is 12.3. The van der Waals surface area contributed by atoms with E-state index in [1.54, 1.807) is 45.2 Å². The minimum atomic E-state index is -1.06. The van der Waals surface area contributed by atoms with Gasteiger partial charge in [0.25, 0.3) is 0 Å². The standard InChI is InChI=1S/C21H25NO4/c1-14-6-5-7-16(12-14)21(2,3)20(25)22-18(19(23)24)13-15-8-10-17(26-4)11-9-15/h5-12,18H,13H2,1-4H3,(H,22,25)(H,23,24). The van der Waals surface area contributed by atoms with Gasteiger partial charge >= 0.3 is 5.97 Å². The van der Waals surface area contributed by atoms with Gasteiger partial charge in [0.05, 0.1) is 12.5 Å². The molecule has 1 atom stereocenters. The first kappa shape index (κ1) is 19.5. The first-order chi connectivity index (χ1) is 12.2. The molecule has 138 valence electrons. The maximum Gasteiger partial charge on any atom is 0.326 e. The second-order valence-corrected chi connectivity index (χ2v) is 6.91. The van der Waals surface area contributed by atoms with E-state index in [9.17, 15) is 14.7 Å². The molecule has 26 heavy (non-hydrogen) atoms. The van der Waals surface area contributed by atoms with Gasteiger partial charge in [-0.1, -0.05) is 42.0 Å². The lowest BCUT2D eigenvalue weighted by molar-refractivity contribution is -0.142. The number of nitrogens with one attached hydrogen (secondary N) is 1. The fraction of sp³-hybridized carbons (Fsp3) is 0.333. The highest BCUT2D eigenvalue weighted by atomic mass is 16.5. The van der Waals surface area contributed by atoms with Crippen LogP contribution in [-0.4, -0.2) is 30.1 Å². The molecule has 2 rings (SSSR count). The Morgan fingerprint density at radius 1 is 1.15 bits per heavy atom. The van der Waals surface area contributed by atoms with Crippen molar-refractivity contribution in [2.24, 2.45) is 0 Å².